The number of ether oxygens (including phenoxy) is 1. The van der Waals surface area contributed by atoms with Gasteiger partial charge in [0.2, 0.25) is 0 Å². The van der Waals surface area contributed by atoms with Crippen molar-refractivity contribution in [1.82, 2.24) is 19.9 Å². The molecule has 2 N–H and O–H groups in total. The molecule has 1 aliphatic carbocycles. The van der Waals surface area contributed by atoms with Crippen LogP contribution in [0.2, 0.25) is 0 Å². The van der Waals surface area contributed by atoms with Crippen LogP contribution >= 0.6 is 0 Å². The highest BCUT2D eigenvalue weighted by Crippen LogP contribution is 2.24. The van der Waals surface area contributed by atoms with Gasteiger partial charge in [0.15, 0.2) is 5.65 Å². The van der Waals surface area contributed by atoms with Crippen molar-refractivity contribution in [1.29, 1.82) is 0 Å². The van der Waals surface area contributed by atoms with Gasteiger partial charge in [-0.05, 0) is 18.8 Å². The van der Waals surface area contributed by atoms with Gasteiger partial charge in [-0.15, -0.1) is 0 Å². The second-order valence-corrected chi connectivity index (χ2v) is 6.20. The molecule has 1 aliphatic rings. The molecule has 7 heteroatoms. The Labute approximate surface area is 135 Å². The average molecular weight is 317 g/mol. The zero-order valence-electron chi connectivity index (χ0n) is 14.0. The third-order valence-electron chi connectivity index (χ3n) is 4.41. The topological polar surface area (TPSA) is 80.5 Å². The fourth-order valence-electron chi connectivity index (χ4n) is 2.78. The Kier molecular flexibility index (Phi) is 4.21. The number of fused-ring (bicyclic) bond motifs is 1. The van der Waals surface area contributed by atoms with Crippen molar-refractivity contribution in [2.75, 3.05) is 19.5 Å². The van der Waals surface area contributed by atoms with E-state index in [1.165, 1.54) is 0 Å². The van der Waals surface area contributed by atoms with Gasteiger partial charge in [-0.2, -0.15) is 9.61 Å². The van der Waals surface area contributed by atoms with E-state index in [0.717, 1.165) is 24.4 Å². The number of nitrogens with one attached hydrogen (secondary N) is 2. The number of anilines is 1. The quantitative estimate of drug-likeness (QED) is 0.879. The van der Waals surface area contributed by atoms with E-state index < -0.39 is 0 Å². The van der Waals surface area contributed by atoms with Crippen LogP contribution in [0.4, 0.5) is 5.82 Å². The van der Waals surface area contributed by atoms with Crippen LogP contribution in [0.5, 0.6) is 0 Å². The van der Waals surface area contributed by atoms with Gasteiger partial charge < -0.3 is 15.4 Å². The van der Waals surface area contributed by atoms with Crippen molar-refractivity contribution in [2.24, 2.45) is 0 Å². The van der Waals surface area contributed by atoms with Gasteiger partial charge in [-0.3, -0.25) is 4.79 Å². The highest BCUT2D eigenvalue weighted by atomic mass is 16.5. The van der Waals surface area contributed by atoms with E-state index in [9.17, 15) is 4.79 Å². The molecule has 0 bridgehead atoms. The zero-order chi connectivity index (χ0) is 16.6. The largest absolute Gasteiger partial charge is 0.379 e. The van der Waals surface area contributed by atoms with Crippen molar-refractivity contribution >= 4 is 17.4 Å². The summed E-state index contributed by atoms with van der Waals surface area (Å²) in [6.45, 7) is 4.15. The van der Waals surface area contributed by atoms with E-state index in [2.05, 4.69) is 34.6 Å². The maximum absolute atomic E-state index is 12.6. The number of nitrogens with zero attached hydrogens (tertiary/aromatic N) is 3. The van der Waals surface area contributed by atoms with E-state index >= 15 is 0 Å². The third-order valence-corrected chi connectivity index (χ3v) is 4.41. The lowest BCUT2D eigenvalue weighted by molar-refractivity contribution is 0.00732. The van der Waals surface area contributed by atoms with Crippen LogP contribution < -0.4 is 10.6 Å². The van der Waals surface area contributed by atoms with Crippen molar-refractivity contribution in [2.45, 2.75) is 44.8 Å². The van der Waals surface area contributed by atoms with Gasteiger partial charge in [0.05, 0.1) is 18.3 Å². The molecule has 0 unspecified atom stereocenters. The van der Waals surface area contributed by atoms with Crippen LogP contribution in [-0.2, 0) is 4.74 Å². The predicted octanol–water partition coefficient (Wildman–Crippen LogP) is 1.80. The number of rotatable bonds is 5. The minimum absolute atomic E-state index is 0.0690. The molecule has 0 aliphatic heterocycles. The minimum Gasteiger partial charge on any atom is -0.379 e. The zero-order valence-corrected chi connectivity index (χ0v) is 14.0. The maximum Gasteiger partial charge on any atom is 0.257 e. The molecular formula is C16H23N5O2. The molecule has 2 aromatic heterocycles. The Morgan fingerprint density at radius 1 is 1.43 bits per heavy atom. The second-order valence-electron chi connectivity index (χ2n) is 6.20. The smallest absolute Gasteiger partial charge is 0.257 e. The SMILES string of the molecule is CNc1cc(C(C)C)nc2c(C(=O)N[C@H]3CC[C@@H]3OC)cnn12. The number of carbonyl (C=O) groups excluding carboxylic acids is 1. The van der Waals surface area contributed by atoms with E-state index in [4.69, 9.17) is 4.74 Å². The van der Waals surface area contributed by atoms with Gasteiger partial charge in [0.1, 0.15) is 11.4 Å². The minimum atomic E-state index is -0.151. The van der Waals surface area contributed by atoms with Crippen molar-refractivity contribution in [3.63, 3.8) is 0 Å². The van der Waals surface area contributed by atoms with Crippen molar-refractivity contribution in [3.8, 4) is 0 Å². The Morgan fingerprint density at radius 3 is 2.78 bits per heavy atom. The standard InChI is InChI=1S/C16H23N5O2/c1-9(2)12-7-14(17-3)21-15(19-12)10(8-18-21)16(22)20-11-5-6-13(11)23-4/h7-9,11,13,17H,5-6H2,1-4H3,(H,20,22)/t11-,13-/m0/s1. The summed E-state index contributed by atoms with van der Waals surface area (Å²) >= 11 is 0. The van der Waals surface area contributed by atoms with Crippen LogP contribution in [-0.4, -0.2) is 46.8 Å². The molecule has 1 fully saturated rings. The Hall–Kier alpha value is -2.15. The molecule has 7 nitrogen and oxygen atoms in total. The van der Waals surface area contributed by atoms with Crippen molar-refractivity contribution in [3.05, 3.63) is 23.5 Å². The van der Waals surface area contributed by atoms with Crippen LogP contribution in [0.15, 0.2) is 12.3 Å². The van der Waals surface area contributed by atoms with E-state index in [0.29, 0.717) is 11.2 Å². The lowest BCUT2D eigenvalue weighted by Crippen LogP contribution is -2.51. The summed E-state index contributed by atoms with van der Waals surface area (Å²) in [7, 11) is 3.51. The fourth-order valence-corrected chi connectivity index (χ4v) is 2.78. The summed E-state index contributed by atoms with van der Waals surface area (Å²) in [6, 6.07) is 2.03. The second kappa shape index (κ2) is 6.16. The Bertz CT molecular complexity index is 723. The first-order valence-corrected chi connectivity index (χ1v) is 7.95. The Balaban J connectivity index is 1.94. The molecule has 0 aromatic carbocycles. The van der Waals surface area contributed by atoms with Gasteiger partial charge in [-0.25, -0.2) is 4.98 Å². The molecular weight excluding hydrogens is 294 g/mol. The molecule has 23 heavy (non-hydrogen) atoms. The number of hydrogen-bond donors (Lipinski definition) is 2. The van der Waals surface area contributed by atoms with Gasteiger partial charge in [0.25, 0.3) is 5.91 Å². The average Bonchev–Trinajstić information content (AvgIpc) is 2.94. The molecule has 2 aromatic rings. The summed E-state index contributed by atoms with van der Waals surface area (Å²) < 4.78 is 6.99. The Morgan fingerprint density at radius 2 is 2.22 bits per heavy atom. The maximum atomic E-state index is 12.6. The molecule has 2 heterocycles. The summed E-state index contributed by atoms with van der Waals surface area (Å²) in [5.74, 6) is 0.931. The molecule has 0 radical (unpaired) electrons. The molecule has 124 valence electrons. The first kappa shape index (κ1) is 15.7. The molecule has 1 saturated carbocycles. The lowest BCUT2D eigenvalue weighted by Gasteiger charge is -2.35. The summed E-state index contributed by atoms with van der Waals surface area (Å²) in [6.07, 6.45) is 3.60. The number of carbonyl (C=O) groups is 1. The third kappa shape index (κ3) is 2.76. The summed E-state index contributed by atoms with van der Waals surface area (Å²) in [4.78, 5) is 17.2. The van der Waals surface area contributed by atoms with Crippen LogP contribution in [0.25, 0.3) is 5.65 Å². The van der Waals surface area contributed by atoms with Gasteiger partial charge >= 0.3 is 0 Å². The number of amides is 1. The van der Waals surface area contributed by atoms with Crippen LogP contribution in [0, 0.1) is 0 Å². The summed E-state index contributed by atoms with van der Waals surface area (Å²) in [5, 5.41) is 10.4. The van der Waals surface area contributed by atoms with Crippen molar-refractivity contribution < 1.29 is 9.53 Å². The van der Waals surface area contributed by atoms with Crippen LogP contribution in [0.3, 0.4) is 0 Å². The fraction of sp³-hybridized carbons (Fsp3) is 0.562. The molecule has 2 atom stereocenters. The molecule has 3 rings (SSSR count). The first-order chi connectivity index (χ1) is 11.0. The van der Waals surface area contributed by atoms with Gasteiger partial charge in [0, 0.05) is 25.9 Å². The van der Waals surface area contributed by atoms with Gasteiger partial charge in [-0.1, -0.05) is 13.8 Å². The van der Waals surface area contributed by atoms with E-state index in [1.54, 1.807) is 17.8 Å². The highest BCUT2D eigenvalue weighted by Gasteiger charge is 2.33. The van der Waals surface area contributed by atoms with E-state index in [-0.39, 0.29) is 24.0 Å². The monoisotopic (exact) mass is 317 g/mol. The highest BCUT2D eigenvalue weighted by molar-refractivity contribution is 6.00. The summed E-state index contributed by atoms with van der Waals surface area (Å²) in [5.41, 5.74) is 1.99. The lowest BCUT2D eigenvalue weighted by atomic mass is 9.89. The normalized spacial score (nSPS) is 20.6. The number of hydrogen-bond acceptors (Lipinski definition) is 5. The number of aromatic nitrogens is 3. The molecule has 0 spiro atoms. The number of methoxy groups -OCH3 is 1. The predicted molar refractivity (Wildman–Crippen MR) is 87.9 cm³/mol. The molecule has 0 saturated heterocycles. The van der Waals surface area contributed by atoms with Crippen LogP contribution in [0.1, 0.15) is 48.7 Å². The van der Waals surface area contributed by atoms with E-state index in [1.807, 2.05) is 13.1 Å². The first-order valence-electron chi connectivity index (χ1n) is 7.95. The molecule has 1 amide bonds.